The van der Waals surface area contributed by atoms with Crippen molar-refractivity contribution in [2.75, 3.05) is 0 Å². The Morgan fingerprint density at radius 2 is 1.35 bits per heavy atom. The van der Waals surface area contributed by atoms with Crippen LogP contribution in [0.1, 0.15) is 61.7 Å². The van der Waals surface area contributed by atoms with Gasteiger partial charge >= 0.3 is 0 Å². The third-order valence-electron chi connectivity index (χ3n) is 11.7. The van der Waals surface area contributed by atoms with Gasteiger partial charge in [-0.1, -0.05) is 75.4 Å². The van der Waals surface area contributed by atoms with Gasteiger partial charge in [-0.3, -0.25) is 4.57 Å². The van der Waals surface area contributed by atoms with Crippen LogP contribution in [0.3, 0.4) is 0 Å². The quantitative estimate of drug-likeness (QED) is 0.178. The number of fused-ring (bicyclic) bond motifs is 7. The second-order valence-corrected chi connectivity index (χ2v) is 16.4. The summed E-state index contributed by atoms with van der Waals surface area (Å²) in [5.41, 5.74) is 13.0. The third-order valence-corrected chi connectivity index (χ3v) is 11.7. The van der Waals surface area contributed by atoms with Crippen LogP contribution in [0.5, 0.6) is 11.5 Å². The predicted octanol–water partition coefficient (Wildman–Crippen LogP) is 12.3. The highest BCUT2D eigenvalue weighted by Crippen LogP contribution is 2.40. The molecule has 6 nitrogen and oxygen atoms in total. The monoisotopic (exact) mass is 719 g/mol. The van der Waals surface area contributed by atoms with Crippen LogP contribution in [0, 0.1) is 13.8 Å². The number of para-hydroxylation sites is 3. The molecule has 4 aromatic heterocycles. The molecule has 0 aliphatic heterocycles. The number of aryl methyl sites for hydroxylation is 3. The van der Waals surface area contributed by atoms with Gasteiger partial charge in [0, 0.05) is 58.2 Å². The lowest BCUT2D eigenvalue weighted by Gasteiger charge is -2.21. The molecule has 1 aliphatic rings. The maximum Gasteiger partial charge on any atom is 0.140 e. The Morgan fingerprint density at radius 1 is 0.636 bits per heavy atom. The van der Waals surface area contributed by atoms with Crippen molar-refractivity contribution < 1.29 is 4.74 Å². The molecule has 0 N–H and O–H groups in total. The molecule has 272 valence electrons. The van der Waals surface area contributed by atoms with Crippen molar-refractivity contribution in [3.63, 3.8) is 0 Å². The average Bonchev–Trinajstić information content (AvgIpc) is 3.83. The summed E-state index contributed by atoms with van der Waals surface area (Å²) in [4.78, 5) is 10.2. The molecule has 4 heterocycles. The Balaban J connectivity index is 1.12. The lowest BCUT2D eigenvalue weighted by molar-refractivity contribution is 0.479. The molecule has 0 atom stereocenters. The van der Waals surface area contributed by atoms with Crippen LogP contribution >= 0.6 is 0 Å². The molecule has 0 saturated heterocycles. The fourth-order valence-electron chi connectivity index (χ4n) is 8.95. The molecular weight excluding hydrogens is 675 g/mol. The summed E-state index contributed by atoms with van der Waals surface area (Å²) in [7, 11) is 2.16. The van der Waals surface area contributed by atoms with E-state index in [1.807, 2.05) is 6.20 Å². The van der Waals surface area contributed by atoms with Gasteiger partial charge in [0.25, 0.3) is 0 Å². The van der Waals surface area contributed by atoms with Gasteiger partial charge in [0.05, 0.1) is 33.4 Å². The molecule has 1 aliphatic carbocycles. The molecule has 0 saturated carbocycles. The first-order valence-corrected chi connectivity index (χ1v) is 19.5. The molecule has 0 radical (unpaired) electrons. The molecule has 6 heteroatoms. The van der Waals surface area contributed by atoms with E-state index < -0.39 is 0 Å². The Morgan fingerprint density at radius 3 is 2.09 bits per heavy atom. The molecule has 5 aromatic carbocycles. The maximum atomic E-state index is 6.84. The molecular formula is C49H45N5O. The van der Waals surface area contributed by atoms with Crippen LogP contribution in [0.4, 0.5) is 0 Å². The minimum absolute atomic E-state index is 0.0700. The van der Waals surface area contributed by atoms with Crippen molar-refractivity contribution in [1.82, 2.24) is 23.7 Å². The van der Waals surface area contributed by atoms with Gasteiger partial charge in [-0.05, 0) is 104 Å². The first kappa shape index (κ1) is 33.4. The van der Waals surface area contributed by atoms with E-state index in [9.17, 15) is 0 Å². The number of imidazole rings is 1. The molecule has 0 amide bonds. The van der Waals surface area contributed by atoms with Gasteiger partial charge in [0.2, 0.25) is 0 Å². The summed E-state index contributed by atoms with van der Waals surface area (Å²) >= 11 is 0. The first-order chi connectivity index (χ1) is 26.6. The van der Waals surface area contributed by atoms with E-state index >= 15 is 0 Å². The van der Waals surface area contributed by atoms with Gasteiger partial charge < -0.3 is 13.9 Å². The van der Waals surface area contributed by atoms with Crippen molar-refractivity contribution in [2.45, 2.75) is 65.7 Å². The van der Waals surface area contributed by atoms with Crippen molar-refractivity contribution in [2.24, 2.45) is 7.05 Å². The average molecular weight is 720 g/mol. The van der Waals surface area contributed by atoms with Gasteiger partial charge in [-0.25, -0.2) is 9.97 Å². The third kappa shape index (κ3) is 5.37. The zero-order valence-corrected chi connectivity index (χ0v) is 32.4. The number of nitrogens with zero attached hydrogens (tertiary/aromatic N) is 5. The Kier molecular flexibility index (Phi) is 7.57. The summed E-state index contributed by atoms with van der Waals surface area (Å²) in [5.74, 6) is 3.45. The minimum Gasteiger partial charge on any atom is -0.457 e. The number of ether oxygens (including phenoxy) is 1. The molecule has 10 rings (SSSR count). The van der Waals surface area contributed by atoms with E-state index in [0.717, 1.165) is 63.7 Å². The highest BCUT2D eigenvalue weighted by Gasteiger charge is 2.23. The van der Waals surface area contributed by atoms with Crippen LogP contribution in [-0.4, -0.2) is 23.7 Å². The van der Waals surface area contributed by atoms with Gasteiger partial charge in [-0.15, -0.1) is 0 Å². The van der Waals surface area contributed by atoms with Crippen LogP contribution in [0.15, 0.2) is 115 Å². The van der Waals surface area contributed by atoms with Crippen LogP contribution in [0.25, 0.3) is 66.5 Å². The first-order valence-electron chi connectivity index (χ1n) is 19.5. The van der Waals surface area contributed by atoms with Crippen LogP contribution in [0.2, 0.25) is 0 Å². The van der Waals surface area contributed by atoms with E-state index in [4.69, 9.17) is 14.7 Å². The zero-order valence-electron chi connectivity index (χ0n) is 32.4. The summed E-state index contributed by atoms with van der Waals surface area (Å²) in [6, 6.07) is 39.2. The number of hydrogen-bond acceptors (Lipinski definition) is 3. The van der Waals surface area contributed by atoms with E-state index in [2.05, 4.69) is 165 Å². The SMILES string of the molecule is Cc1cccc2c3cccc(C)c3n(-c3ccnc(-n4c5ccccc5c5ccc(Oc6cc(-c7nc8c(n7C)CCCC8)cc(C(C)(C)C)c6)cc54)c3)c12. The van der Waals surface area contributed by atoms with Gasteiger partial charge in [-0.2, -0.15) is 0 Å². The van der Waals surface area contributed by atoms with Crippen molar-refractivity contribution in [1.29, 1.82) is 0 Å². The number of pyridine rings is 1. The topological polar surface area (TPSA) is 49.8 Å². The fourth-order valence-corrected chi connectivity index (χ4v) is 8.95. The fraction of sp³-hybridized carbons (Fsp3) is 0.224. The zero-order chi connectivity index (χ0) is 37.6. The van der Waals surface area contributed by atoms with Crippen molar-refractivity contribution >= 4 is 43.6 Å². The van der Waals surface area contributed by atoms with E-state index in [1.165, 1.54) is 68.1 Å². The minimum atomic E-state index is -0.0700. The Labute approximate surface area is 321 Å². The smallest absolute Gasteiger partial charge is 0.140 e. The maximum absolute atomic E-state index is 6.84. The molecule has 0 spiro atoms. The molecule has 55 heavy (non-hydrogen) atoms. The second-order valence-electron chi connectivity index (χ2n) is 16.4. The summed E-state index contributed by atoms with van der Waals surface area (Å²) in [6.07, 6.45) is 6.51. The largest absolute Gasteiger partial charge is 0.457 e. The summed E-state index contributed by atoms with van der Waals surface area (Å²) < 4.78 is 13.8. The van der Waals surface area contributed by atoms with E-state index in [0.29, 0.717) is 0 Å². The summed E-state index contributed by atoms with van der Waals surface area (Å²) in [5, 5.41) is 4.85. The van der Waals surface area contributed by atoms with Crippen LogP contribution < -0.4 is 4.74 Å². The van der Waals surface area contributed by atoms with Gasteiger partial charge in [0.1, 0.15) is 23.1 Å². The highest BCUT2D eigenvalue weighted by molar-refractivity contribution is 6.12. The number of aromatic nitrogens is 5. The Bertz CT molecular complexity index is 2930. The molecule has 9 aromatic rings. The predicted molar refractivity (Wildman–Crippen MR) is 226 cm³/mol. The van der Waals surface area contributed by atoms with Crippen molar-refractivity contribution in [3.8, 4) is 34.4 Å². The lowest BCUT2D eigenvalue weighted by Crippen LogP contribution is -2.11. The number of benzene rings is 5. The lowest BCUT2D eigenvalue weighted by atomic mass is 9.86. The van der Waals surface area contributed by atoms with Gasteiger partial charge in [0.15, 0.2) is 0 Å². The van der Waals surface area contributed by atoms with Crippen molar-refractivity contribution in [3.05, 3.63) is 143 Å². The molecule has 0 fully saturated rings. The molecule has 0 bridgehead atoms. The highest BCUT2D eigenvalue weighted by atomic mass is 16.5. The number of hydrogen-bond donors (Lipinski definition) is 0. The van der Waals surface area contributed by atoms with Crippen LogP contribution in [-0.2, 0) is 25.3 Å². The Hall–Kier alpha value is -6.14. The number of rotatable bonds is 5. The molecule has 0 unspecified atom stereocenters. The summed E-state index contributed by atoms with van der Waals surface area (Å²) in [6.45, 7) is 11.2. The normalized spacial score (nSPS) is 13.3. The van der Waals surface area contributed by atoms with E-state index in [1.54, 1.807) is 0 Å². The second kappa shape index (κ2) is 12.5. The van der Waals surface area contributed by atoms with E-state index in [-0.39, 0.29) is 5.41 Å². The standard InChI is InChI=1S/C49H45N5O/c1-30-13-11-16-39-40-17-12-14-31(2)47(40)53(46(30)39)34-23-24-50-45(28-34)54-42-19-9-7-15-37(42)38-22-21-35(29-44(38)54)55-36-26-32(25-33(27-36)49(3,4)5)48-51-41-18-8-10-20-43(41)52(48)6/h7,9,11-17,19,21-29H,8,10,18,20H2,1-6H3.